The van der Waals surface area contributed by atoms with Crippen LogP contribution in [0.2, 0.25) is 0 Å². The molecule has 2 aliphatic heterocycles. The number of amides is 12. The van der Waals surface area contributed by atoms with Crippen LogP contribution in [0, 0.1) is 11.3 Å². The Kier molecular flexibility index (Phi) is 41.9. The molecule has 12 amide bonds. The van der Waals surface area contributed by atoms with E-state index in [2.05, 4.69) is 10.6 Å². The van der Waals surface area contributed by atoms with Gasteiger partial charge in [-0.15, -0.1) is 0 Å². The molecule has 4 aromatic rings. The second-order valence-corrected chi connectivity index (χ2v) is 27.9. The second kappa shape index (κ2) is 50.9. The van der Waals surface area contributed by atoms with E-state index in [4.69, 9.17) is 57.6 Å². The number of nitrogens with zero attached hydrogens (tertiary/aromatic N) is 10. The number of rotatable bonds is 46. The molecule has 0 radical (unpaired) electrons. The topological polar surface area (TPSA) is 394 Å². The summed E-state index contributed by atoms with van der Waals surface area (Å²) in [6.45, 7) is 12.0. The SMILES string of the molecule is CNc1ccc(COC(=O)N(C)CCN(CCOCCO)C(=O)Oc2ccc(COC(=O)N(C)CCN(CCOCCN3C(=O)C=CC3=O)C(C)=O)cc2)cc1.CNc1ccc(COC(=O)N(C)CCN(CCOCCO)C(=O)Oc2ccc(COC(=O)N(C)CCN(CCOCCN3C(=O)CC(C(C)(C)C)C3=O)C(C)=O)cc2)cc1. The van der Waals surface area contributed by atoms with Crippen LogP contribution in [0.25, 0.3) is 0 Å². The van der Waals surface area contributed by atoms with Gasteiger partial charge in [-0.3, -0.25) is 38.6 Å². The number of nitrogens with one attached hydrogen (secondary N) is 2. The maximum Gasteiger partial charge on any atom is 0.415 e. The van der Waals surface area contributed by atoms with E-state index in [0.29, 0.717) is 11.1 Å². The zero-order valence-corrected chi connectivity index (χ0v) is 68.3. The van der Waals surface area contributed by atoms with E-state index in [1.165, 1.54) is 70.1 Å². The molecule has 4 N–H and O–H groups in total. The van der Waals surface area contributed by atoms with Crippen LogP contribution in [-0.4, -0.2) is 331 Å². The van der Waals surface area contributed by atoms with Crippen molar-refractivity contribution in [3.63, 3.8) is 0 Å². The summed E-state index contributed by atoms with van der Waals surface area (Å²) in [5, 5.41) is 24.1. The summed E-state index contributed by atoms with van der Waals surface area (Å²) < 4.78 is 54.6. The fraction of sp³-hybridized carbons (Fsp3) is 0.525. The Balaban J connectivity index is 0.000000415. The van der Waals surface area contributed by atoms with Gasteiger partial charge in [0.05, 0.1) is 85.1 Å². The quantitative estimate of drug-likeness (QED) is 0.0230. The number of hydrogen-bond acceptors (Lipinski definition) is 26. The van der Waals surface area contributed by atoms with Gasteiger partial charge in [0.1, 0.15) is 37.9 Å². The molecule has 1 unspecified atom stereocenters. The van der Waals surface area contributed by atoms with E-state index in [-0.39, 0.29) is 249 Å². The lowest BCUT2D eigenvalue weighted by molar-refractivity contribution is -0.141. The van der Waals surface area contributed by atoms with E-state index >= 15 is 0 Å². The molecule has 36 nitrogen and oxygen atoms in total. The Bertz CT molecular complexity index is 3790. The molecule has 0 aromatic heterocycles. The van der Waals surface area contributed by atoms with Gasteiger partial charge in [-0.1, -0.05) is 69.3 Å². The molecule has 1 atom stereocenters. The Labute approximate surface area is 677 Å². The molecule has 0 spiro atoms. The molecular weight excluding hydrogens is 1510 g/mol. The van der Waals surface area contributed by atoms with E-state index in [1.807, 2.05) is 83.4 Å². The van der Waals surface area contributed by atoms with Crippen molar-refractivity contribution in [1.82, 2.24) is 49.0 Å². The number of likely N-dealkylation sites (N-methyl/N-ethyl adjacent to an activating group) is 4. The number of carbonyl (C=O) groups is 12. The summed E-state index contributed by atoms with van der Waals surface area (Å²) >= 11 is 0. The molecule has 638 valence electrons. The summed E-state index contributed by atoms with van der Waals surface area (Å²) in [5.41, 5.74) is 4.49. The fourth-order valence-corrected chi connectivity index (χ4v) is 10.9. The molecule has 6 rings (SSSR count). The standard InChI is InChI=1S/C42H62N6O12.C38H52N6O12/c1-31(50)46(20-24-56-26-22-48-37(51)28-36(38(48)52)42(2,3)4)18-16-44(6)39(53)59-30-33-10-14-35(15-11-33)60-41(55)47(21-25-57-27-23-49)19-17-45(7)40(54)58-29-32-8-12-34(43-5)13-9-32;1-29(46)42(19-23-52-25-21-44-34(47)13-14-35(44)48)17-15-40(3)36(49)55-28-31-7-11-33(12-8-31)56-38(51)43(20-24-53-26-22-45)18-16-41(4)37(50)54-27-30-5-9-32(39-2)10-6-30/h8-15,36,43,49H,16-30H2,1-7H3;5-14,39,45H,15-28H2,1-4H3. The van der Waals surface area contributed by atoms with Crippen LogP contribution in [0.3, 0.4) is 0 Å². The monoisotopic (exact) mass is 1630 g/mol. The molecule has 0 aliphatic carbocycles. The summed E-state index contributed by atoms with van der Waals surface area (Å²) in [6, 6.07) is 27.8. The maximum atomic E-state index is 13.2. The van der Waals surface area contributed by atoms with Crippen molar-refractivity contribution in [3.05, 3.63) is 131 Å². The van der Waals surface area contributed by atoms with Gasteiger partial charge in [0, 0.05) is 165 Å². The summed E-state index contributed by atoms with van der Waals surface area (Å²) in [4.78, 5) is 163. The third-order valence-corrected chi connectivity index (χ3v) is 18.3. The Hall–Kier alpha value is -11.2. The van der Waals surface area contributed by atoms with Gasteiger partial charge < -0.3 is 107 Å². The highest BCUT2D eigenvalue weighted by molar-refractivity contribution is 6.12. The third-order valence-electron chi connectivity index (χ3n) is 18.3. The predicted octanol–water partition coefficient (Wildman–Crippen LogP) is 5.83. The number of ether oxygens (including phenoxy) is 10. The van der Waals surface area contributed by atoms with Gasteiger partial charge in [-0.25, -0.2) is 28.8 Å². The second-order valence-electron chi connectivity index (χ2n) is 27.9. The summed E-state index contributed by atoms with van der Waals surface area (Å²) in [5.74, 6) is -1.44. The molecule has 36 heteroatoms. The third kappa shape index (κ3) is 34.5. The van der Waals surface area contributed by atoms with Gasteiger partial charge in [0.2, 0.25) is 23.6 Å². The van der Waals surface area contributed by atoms with Crippen molar-refractivity contribution in [2.75, 3.05) is 211 Å². The molecule has 0 saturated carbocycles. The first kappa shape index (κ1) is 95.4. The fourth-order valence-electron chi connectivity index (χ4n) is 10.9. The molecule has 116 heavy (non-hydrogen) atoms. The van der Waals surface area contributed by atoms with E-state index in [1.54, 1.807) is 76.7 Å². The minimum atomic E-state index is -0.677. The minimum absolute atomic E-state index is 0.0573. The van der Waals surface area contributed by atoms with Crippen LogP contribution in [-0.2, 0) is 93.1 Å². The zero-order valence-electron chi connectivity index (χ0n) is 68.3. The van der Waals surface area contributed by atoms with Crippen molar-refractivity contribution in [2.24, 2.45) is 11.3 Å². The van der Waals surface area contributed by atoms with Crippen molar-refractivity contribution in [3.8, 4) is 11.5 Å². The van der Waals surface area contributed by atoms with Crippen molar-refractivity contribution in [1.29, 1.82) is 0 Å². The number of carbonyl (C=O) groups excluding carboxylic acids is 12. The molecule has 4 aromatic carbocycles. The average Bonchev–Trinajstić information content (AvgIpc) is 1.66. The van der Waals surface area contributed by atoms with Crippen LogP contribution in [0.5, 0.6) is 11.5 Å². The van der Waals surface area contributed by atoms with E-state index in [0.717, 1.165) is 27.4 Å². The number of benzene rings is 4. The summed E-state index contributed by atoms with van der Waals surface area (Å²) in [7, 11) is 9.86. The zero-order chi connectivity index (χ0) is 85.1. The van der Waals surface area contributed by atoms with Gasteiger partial charge in [-0.2, -0.15) is 0 Å². The first-order chi connectivity index (χ1) is 55.4. The minimum Gasteiger partial charge on any atom is -0.445 e. The number of imide groups is 2. The largest absolute Gasteiger partial charge is 0.445 e. The highest BCUT2D eigenvalue weighted by atomic mass is 16.6. The molecule has 2 heterocycles. The van der Waals surface area contributed by atoms with Crippen molar-refractivity contribution >= 4 is 83.4 Å². The molecule has 1 fully saturated rings. The van der Waals surface area contributed by atoms with Crippen LogP contribution >= 0.6 is 0 Å². The highest BCUT2D eigenvalue weighted by Gasteiger charge is 2.44. The van der Waals surface area contributed by atoms with Crippen molar-refractivity contribution in [2.45, 2.75) is 67.5 Å². The smallest absolute Gasteiger partial charge is 0.415 e. The normalized spacial score (nSPS) is 12.9. The predicted molar refractivity (Wildman–Crippen MR) is 423 cm³/mol. The van der Waals surface area contributed by atoms with Crippen LogP contribution in [0.15, 0.2) is 109 Å². The lowest BCUT2D eigenvalue weighted by Gasteiger charge is -2.25. The van der Waals surface area contributed by atoms with Gasteiger partial charge in [-0.05, 0) is 76.2 Å². The number of likely N-dealkylation sites (tertiary alicyclic amines) is 1. The molecular formula is C80H114N12O24. The van der Waals surface area contributed by atoms with Crippen molar-refractivity contribution < 1.29 is 115 Å². The summed E-state index contributed by atoms with van der Waals surface area (Å²) in [6.07, 6.45) is -1.08. The van der Waals surface area contributed by atoms with Crippen LogP contribution in [0.1, 0.15) is 63.3 Å². The lowest BCUT2D eigenvalue weighted by atomic mass is 9.80. The first-order valence-electron chi connectivity index (χ1n) is 38.0. The van der Waals surface area contributed by atoms with Crippen LogP contribution < -0.4 is 20.1 Å². The number of aliphatic hydroxyl groups excluding tert-OH is 2. The molecule has 0 bridgehead atoms. The van der Waals surface area contributed by atoms with Gasteiger partial charge >= 0.3 is 36.6 Å². The van der Waals surface area contributed by atoms with Gasteiger partial charge in [0.15, 0.2) is 0 Å². The lowest BCUT2D eigenvalue weighted by Crippen LogP contribution is -2.42. The highest BCUT2D eigenvalue weighted by Crippen LogP contribution is 2.35. The van der Waals surface area contributed by atoms with E-state index < -0.39 is 36.6 Å². The number of hydrogen-bond donors (Lipinski definition) is 4. The number of aliphatic hydroxyl groups is 2. The molecule has 2 aliphatic rings. The van der Waals surface area contributed by atoms with Crippen LogP contribution in [0.4, 0.5) is 40.1 Å². The Morgan fingerprint density at radius 1 is 0.397 bits per heavy atom. The van der Waals surface area contributed by atoms with Gasteiger partial charge in [0.25, 0.3) is 11.8 Å². The maximum absolute atomic E-state index is 13.2. The number of anilines is 2. The molecule has 1 saturated heterocycles. The Morgan fingerprint density at radius 3 is 0.983 bits per heavy atom. The first-order valence-corrected chi connectivity index (χ1v) is 38.0. The Morgan fingerprint density at radius 2 is 0.690 bits per heavy atom. The average molecular weight is 1630 g/mol. The van der Waals surface area contributed by atoms with E-state index in [9.17, 15) is 57.5 Å².